The zero-order valence-corrected chi connectivity index (χ0v) is 17.3. The molecule has 8 nitrogen and oxygen atoms in total. The topological polar surface area (TPSA) is 74.9 Å². The van der Waals surface area contributed by atoms with Crippen LogP contribution in [0.1, 0.15) is 36.4 Å². The Kier molecular flexibility index (Phi) is 4.91. The van der Waals surface area contributed by atoms with Crippen molar-refractivity contribution >= 4 is 17.0 Å². The first-order chi connectivity index (χ1) is 14.1. The van der Waals surface area contributed by atoms with Crippen molar-refractivity contribution in [3.63, 3.8) is 0 Å². The largest absolute Gasteiger partial charge is 0.480 e. The molecule has 0 radical (unpaired) electrons. The SMILES string of the molecule is COc1nc(C)nc2oc3c(c12)CCN(CC(=O)N1CCN(C2CCC2)CC1)C3. The molecule has 2 aromatic heterocycles. The van der Waals surface area contributed by atoms with Crippen molar-refractivity contribution in [2.45, 2.75) is 45.2 Å². The number of hydrogen-bond acceptors (Lipinski definition) is 7. The monoisotopic (exact) mass is 399 g/mol. The number of amides is 1. The van der Waals surface area contributed by atoms with Gasteiger partial charge in [-0.25, -0.2) is 0 Å². The molecule has 1 saturated heterocycles. The van der Waals surface area contributed by atoms with Crippen molar-refractivity contribution in [3.05, 3.63) is 17.1 Å². The third kappa shape index (κ3) is 3.48. The smallest absolute Gasteiger partial charge is 0.236 e. The summed E-state index contributed by atoms with van der Waals surface area (Å²) >= 11 is 0. The average molecular weight is 399 g/mol. The van der Waals surface area contributed by atoms with Gasteiger partial charge in [-0.15, -0.1) is 0 Å². The van der Waals surface area contributed by atoms with Gasteiger partial charge in [-0.3, -0.25) is 14.6 Å². The fraction of sp³-hybridized carbons (Fsp3) is 0.667. The van der Waals surface area contributed by atoms with E-state index in [1.807, 2.05) is 11.8 Å². The van der Waals surface area contributed by atoms with Gasteiger partial charge in [0.15, 0.2) is 0 Å². The van der Waals surface area contributed by atoms with Crippen LogP contribution in [-0.2, 0) is 17.8 Å². The minimum Gasteiger partial charge on any atom is -0.480 e. The van der Waals surface area contributed by atoms with E-state index in [4.69, 9.17) is 9.15 Å². The van der Waals surface area contributed by atoms with Gasteiger partial charge in [-0.05, 0) is 26.2 Å². The summed E-state index contributed by atoms with van der Waals surface area (Å²) < 4.78 is 11.5. The molecule has 8 heteroatoms. The molecule has 0 aromatic carbocycles. The van der Waals surface area contributed by atoms with Crippen LogP contribution >= 0.6 is 0 Å². The van der Waals surface area contributed by atoms with Crippen molar-refractivity contribution in [1.82, 2.24) is 24.7 Å². The molecule has 5 rings (SSSR count). The van der Waals surface area contributed by atoms with Crippen molar-refractivity contribution in [2.75, 3.05) is 46.4 Å². The standard InChI is InChI=1S/C21H29N5O3/c1-14-22-20(28-2)19-16-6-7-24(12-17(16)29-21(19)23-14)13-18(27)26-10-8-25(9-11-26)15-4-3-5-15/h15H,3-13H2,1-2H3. The molecule has 2 aromatic rings. The lowest BCUT2D eigenvalue weighted by molar-refractivity contribution is -0.135. The number of nitrogens with zero attached hydrogens (tertiary/aromatic N) is 5. The Bertz CT molecular complexity index is 915. The number of aromatic nitrogens is 2. The van der Waals surface area contributed by atoms with Crippen molar-refractivity contribution < 1.29 is 13.9 Å². The van der Waals surface area contributed by atoms with E-state index < -0.39 is 0 Å². The predicted molar refractivity (Wildman–Crippen MR) is 108 cm³/mol. The normalized spacial score (nSPS) is 21.2. The minimum absolute atomic E-state index is 0.228. The maximum atomic E-state index is 12.8. The number of furan rings is 1. The van der Waals surface area contributed by atoms with Crippen LogP contribution in [0.15, 0.2) is 4.42 Å². The summed E-state index contributed by atoms with van der Waals surface area (Å²) in [7, 11) is 1.62. The Morgan fingerprint density at radius 2 is 1.97 bits per heavy atom. The molecular weight excluding hydrogens is 370 g/mol. The summed E-state index contributed by atoms with van der Waals surface area (Å²) in [6.07, 6.45) is 4.83. The quantitative estimate of drug-likeness (QED) is 0.773. The number of fused-ring (bicyclic) bond motifs is 3. The lowest BCUT2D eigenvalue weighted by Gasteiger charge is -2.43. The van der Waals surface area contributed by atoms with Gasteiger partial charge in [-0.2, -0.15) is 9.97 Å². The van der Waals surface area contributed by atoms with Gasteiger partial charge >= 0.3 is 0 Å². The van der Waals surface area contributed by atoms with Crippen LogP contribution in [0, 0.1) is 6.92 Å². The summed E-state index contributed by atoms with van der Waals surface area (Å²) in [5.41, 5.74) is 1.70. The zero-order chi connectivity index (χ0) is 20.0. The number of piperazine rings is 1. The first-order valence-corrected chi connectivity index (χ1v) is 10.7. The van der Waals surface area contributed by atoms with Crippen molar-refractivity contribution in [3.8, 4) is 5.88 Å². The van der Waals surface area contributed by atoms with E-state index >= 15 is 0 Å². The van der Waals surface area contributed by atoms with Gasteiger partial charge in [-0.1, -0.05) is 6.42 Å². The molecule has 3 aliphatic rings. The van der Waals surface area contributed by atoms with E-state index in [1.54, 1.807) is 7.11 Å². The van der Waals surface area contributed by atoms with Crippen LogP contribution in [0.25, 0.3) is 11.1 Å². The molecule has 0 spiro atoms. The third-order valence-electron chi connectivity index (χ3n) is 6.67. The molecule has 0 unspecified atom stereocenters. The van der Waals surface area contributed by atoms with Crippen LogP contribution < -0.4 is 4.74 Å². The summed E-state index contributed by atoms with van der Waals surface area (Å²) in [4.78, 5) is 28.4. The lowest BCUT2D eigenvalue weighted by atomic mass is 9.91. The molecule has 0 bridgehead atoms. The maximum absolute atomic E-state index is 12.8. The van der Waals surface area contributed by atoms with Crippen LogP contribution in [-0.4, -0.2) is 83.0 Å². The summed E-state index contributed by atoms with van der Waals surface area (Å²) in [6, 6.07) is 0.768. The number of methoxy groups -OCH3 is 1. The fourth-order valence-electron chi connectivity index (χ4n) is 4.78. The molecule has 1 saturated carbocycles. The molecule has 1 aliphatic carbocycles. The molecule has 29 heavy (non-hydrogen) atoms. The lowest BCUT2D eigenvalue weighted by Crippen LogP contribution is -2.55. The number of carbonyl (C=O) groups excluding carboxylic acids is 1. The Morgan fingerprint density at radius 1 is 1.17 bits per heavy atom. The average Bonchev–Trinajstić information content (AvgIpc) is 3.03. The minimum atomic E-state index is 0.228. The van der Waals surface area contributed by atoms with Gasteiger partial charge < -0.3 is 14.1 Å². The molecule has 4 heterocycles. The Labute approximate surface area is 170 Å². The van der Waals surface area contributed by atoms with E-state index in [1.165, 1.54) is 19.3 Å². The molecular formula is C21H29N5O3. The van der Waals surface area contributed by atoms with Crippen molar-refractivity contribution in [2.24, 2.45) is 0 Å². The van der Waals surface area contributed by atoms with E-state index in [0.717, 1.165) is 61.9 Å². The molecule has 2 fully saturated rings. The summed E-state index contributed by atoms with van der Waals surface area (Å²) in [5.74, 6) is 2.32. The van der Waals surface area contributed by atoms with E-state index in [9.17, 15) is 4.79 Å². The van der Waals surface area contributed by atoms with Crippen LogP contribution in [0.5, 0.6) is 5.88 Å². The predicted octanol–water partition coefficient (Wildman–Crippen LogP) is 1.59. The van der Waals surface area contributed by atoms with E-state index in [2.05, 4.69) is 19.8 Å². The molecule has 0 atom stereocenters. The van der Waals surface area contributed by atoms with E-state index in [-0.39, 0.29) is 5.91 Å². The second-order valence-electron chi connectivity index (χ2n) is 8.43. The number of rotatable bonds is 4. The third-order valence-corrected chi connectivity index (χ3v) is 6.67. The number of hydrogen-bond donors (Lipinski definition) is 0. The Morgan fingerprint density at radius 3 is 2.66 bits per heavy atom. The number of ether oxygens (including phenoxy) is 1. The highest BCUT2D eigenvalue weighted by Crippen LogP contribution is 2.34. The summed E-state index contributed by atoms with van der Waals surface area (Å²) in [6.45, 7) is 7.47. The van der Waals surface area contributed by atoms with Gasteiger partial charge in [0.2, 0.25) is 17.5 Å². The second kappa shape index (κ2) is 7.57. The first-order valence-electron chi connectivity index (χ1n) is 10.7. The number of carbonyl (C=O) groups is 1. The molecule has 1 amide bonds. The van der Waals surface area contributed by atoms with Crippen molar-refractivity contribution in [1.29, 1.82) is 0 Å². The first kappa shape index (κ1) is 18.8. The molecule has 0 N–H and O–H groups in total. The Hall–Kier alpha value is -2.19. The van der Waals surface area contributed by atoms with E-state index in [0.29, 0.717) is 30.5 Å². The van der Waals surface area contributed by atoms with Crippen LogP contribution in [0.3, 0.4) is 0 Å². The van der Waals surface area contributed by atoms with Gasteiger partial charge in [0.1, 0.15) is 17.0 Å². The van der Waals surface area contributed by atoms with Crippen LogP contribution in [0.4, 0.5) is 0 Å². The Balaban J connectivity index is 1.23. The fourth-order valence-corrected chi connectivity index (χ4v) is 4.78. The number of aryl methyl sites for hydroxylation is 1. The highest BCUT2D eigenvalue weighted by molar-refractivity contribution is 5.84. The zero-order valence-electron chi connectivity index (χ0n) is 17.3. The maximum Gasteiger partial charge on any atom is 0.236 e. The summed E-state index contributed by atoms with van der Waals surface area (Å²) in [5, 5.41) is 0.881. The van der Waals surface area contributed by atoms with Crippen LogP contribution in [0.2, 0.25) is 0 Å². The van der Waals surface area contributed by atoms with Gasteiger partial charge in [0.05, 0.1) is 20.2 Å². The highest BCUT2D eigenvalue weighted by Gasteiger charge is 2.31. The highest BCUT2D eigenvalue weighted by atomic mass is 16.5. The van der Waals surface area contributed by atoms with Gasteiger partial charge in [0.25, 0.3) is 0 Å². The van der Waals surface area contributed by atoms with Gasteiger partial charge in [0, 0.05) is 44.3 Å². The molecule has 156 valence electrons. The second-order valence-corrected chi connectivity index (χ2v) is 8.43. The molecule has 2 aliphatic heterocycles.